The van der Waals surface area contributed by atoms with Gasteiger partial charge in [-0.15, -0.1) is 11.6 Å². The van der Waals surface area contributed by atoms with Crippen LogP contribution in [-0.2, 0) is 0 Å². The maximum Gasteiger partial charge on any atom is 0.0702 e. The Morgan fingerprint density at radius 1 is 0.710 bits per heavy atom. The molecule has 3 aromatic carbocycles. The Morgan fingerprint density at radius 2 is 1.35 bits per heavy atom. The zero-order chi connectivity index (χ0) is 21.6. The Kier molecular flexibility index (Phi) is 7.29. The Hall–Kier alpha value is -2.32. The lowest BCUT2D eigenvalue weighted by molar-refractivity contribution is 0.830. The molecule has 0 bridgehead atoms. The number of nitrogens with zero attached hydrogens (tertiary/aromatic N) is 1. The van der Waals surface area contributed by atoms with E-state index in [1.54, 1.807) is 0 Å². The summed E-state index contributed by atoms with van der Waals surface area (Å²) in [6, 6.07) is 26.5. The summed E-state index contributed by atoms with van der Waals surface area (Å²) in [5.74, 6) is 0.654. The van der Waals surface area contributed by atoms with Gasteiger partial charge in [-0.3, -0.25) is 4.98 Å². The van der Waals surface area contributed by atoms with Gasteiger partial charge in [-0.05, 0) is 77.9 Å². The lowest BCUT2D eigenvalue weighted by atomic mass is 9.87. The second kappa shape index (κ2) is 10.3. The first kappa shape index (κ1) is 21.9. The molecule has 0 saturated heterocycles. The average molecular weight is 467 g/mol. The number of benzene rings is 3. The van der Waals surface area contributed by atoms with Crippen LogP contribution in [0, 0.1) is 0 Å². The third-order valence-corrected chi connectivity index (χ3v) is 6.09. The fourth-order valence-electron chi connectivity index (χ4n) is 3.80. The van der Waals surface area contributed by atoms with Gasteiger partial charge in [-0.1, -0.05) is 65.7 Å². The Labute approximate surface area is 198 Å². The minimum absolute atomic E-state index is 0.654. The molecule has 0 saturated carbocycles. The van der Waals surface area contributed by atoms with E-state index in [-0.39, 0.29) is 0 Å². The van der Waals surface area contributed by atoms with E-state index in [1.807, 2.05) is 48.7 Å². The molecule has 0 aliphatic rings. The Balaban J connectivity index is 1.96. The van der Waals surface area contributed by atoms with E-state index in [0.29, 0.717) is 5.88 Å². The fraction of sp³-hybridized carbons (Fsp3) is 0.148. The van der Waals surface area contributed by atoms with E-state index in [0.717, 1.165) is 62.5 Å². The number of alkyl halides is 1. The number of unbranched alkanes of at least 4 members (excludes halogenated alkanes) is 1. The van der Waals surface area contributed by atoms with Crippen molar-refractivity contribution in [3.05, 3.63) is 112 Å². The number of allylic oxidation sites excluding steroid dienone is 1. The summed E-state index contributed by atoms with van der Waals surface area (Å²) >= 11 is 18.4. The molecule has 0 aliphatic carbocycles. The van der Waals surface area contributed by atoms with E-state index >= 15 is 0 Å². The number of hydrogen-bond acceptors (Lipinski definition) is 1. The number of hydrogen-bond donors (Lipinski definition) is 0. The average Bonchev–Trinajstić information content (AvgIpc) is 2.80. The fourth-order valence-corrected chi connectivity index (χ4v) is 4.24. The molecular formula is C27H22Cl3N. The minimum atomic E-state index is 0.654. The molecule has 156 valence electrons. The molecule has 0 atom stereocenters. The van der Waals surface area contributed by atoms with Crippen molar-refractivity contribution >= 4 is 56.9 Å². The van der Waals surface area contributed by atoms with Crippen molar-refractivity contribution in [1.29, 1.82) is 0 Å². The Morgan fingerprint density at radius 3 is 2.03 bits per heavy atom. The molecule has 1 heterocycles. The molecule has 4 aromatic rings. The number of pyridine rings is 1. The van der Waals surface area contributed by atoms with E-state index in [2.05, 4.69) is 36.4 Å². The van der Waals surface area contributed by atoms with Crippen LogP contribution in [-0.4, -0.2) is 10.9 Å². The molecule has 0 radical (unpaired) electrons. The lowest BCUT2D eigenvalue weighted by Gasteiger charge is -2.18. The maximum atomic E-state index is 6.20. The van der Waals surface area contributed by atoms with Crippen LogP contribution in [0.25, 0.3) is 22.0 Å². The molecular weight excluding hydrogens is 445 g/mol. The minimum Gasteiger partial charge on any atom is -0.256 e. The molecule has 0 aliphatic heterocycles. The predicted octanol–water partition coefficient (Wildman–Crippen LogP) is 8.91. The predicted molar refractivity (Wildman–Crippen MR) is 135 cm³/mol. The van der Waals surface area contributed by atoms with Crippen molar-refractivity contribution < 1.29 is 0 Å². The van der Waals surface area contributed by atoms with Gasteiger partial charge >= 0.3 is 0 Å². The summed E-state index contributed by atoms with van der Waals surface area (Å²) in [4.78, 5) is 4.73. The molecule has 1 aromatic heterocycles. The molecule has 4 rings (SSSR count). The van der Waals surface area contributed by atoms with Crippen LogP contribution in [0.5, 0.6) is 0 Å². The van der Waals surface area contributed by atoms with Gasteiger partial charge in [0, 0.05) is 33.1 Å². The first-order valence-corrected chi connectivity index (χ1v) is 11.6. The Bertz CT molecular complexity index is 1200. The first-order chi connectivity index (χ1) is 15.2. The topological polar surface area (TPSA) is 12.9 Å². The zero-order valence-electron chi connectivity index (χ0n) is 17.0. The summed E-state index contributed by atoms with van der Waals surface area (Å²) < 4.78 is 0. The molecule has 0 fully saturated rings. The summed E-state index contributed by atoms with van der Waals surface area (Å²) in [6.45, 7) is 0. The van der Waals surface area contributed by atoms with Gasteiger partial charge in [-0.25, -0.2) is 0 Å². The third-order valence-electron chi connectivity index (χ3n) is 5.32. The van der Waals surface area contributed by atoms with Crippen LogP contribution < -0.4 is 0 Å². The number of rotatable bonds is 7. The van der Waals surface area contributed by atoms with Crippen molar-refractivity contribution in [1.82, 2.24) is 4.98 Å². The zero-order valence-corrected chi connectivity index (χ0v) is 19.3. The lowest BCUT2D eigenvalue weighted by Crippen LogP contribution is -1.97. The van der Waals surface area contributed by atoms with Gasteiger partial charge < -0.3 is 0 Å². The molecule has 4 heteroatoms. The smallest absolute Gasteiger partial charge is 0.0702 e. The monoisotopic (exact) mass is 465 g/mol. The highest BCUT2D eigenvalue weighted by Gasteiger charge is 2.15. The molecule has 0 unspecified atom stereocenters. The van der Waals surface area contributed by atoms with Crippen LogP contribution in [0.4, 0.5) is 0 Å². The molecule has 0 N–H and O–H groups in total. The van der Waals surface area contributed by atoms with Gasteiger partial charge in [0.1, 0.15) is 0 Å². The maximum absolute atomic E-state index is 6.20. The normalized spacial score (nSPS) is 12.1. The number of fused-ring (bicyclic) bond motifs is 1. The number of aromatic nitrogens is 1. The number of para-hydroxylation sites is 1. The van der Waals surface area contributed by atoms with Gasteiger partial charge in [-0.2, -0.15) is 0 Å². The molecule has 1 nitrogen and oxygen atoms in total. The van der Waals surface area contributed by atoms with Gasteiger partial charge in [0.25, 0.3) is 0 Å². The van der Waals surface area contributed by atoms with Crippen LogP contribution in [0.3, 0.4) is 0 Å². The van der Waals surface area contributed by atoms with Crippen molar-refractivity contribution in [2.24, 2.45) is 0 Å². The van der Waals surface area contributed by atoms with Gasteiger partial charge in [0.05, 0.1) is 5.52 Å². The van der Waals surface area contributed by atoms with Gasteiger partial charge in [0.2, 0.25) is 0 Å². The van der Waals surface area contributed by atoms with E-state index in [9.17, 15) is 0 Å². The van der Waals surface area contributed by atoms with E-state index in [1.165, 1.54) is 5.57 Å². The van der Waals surface area contributed by atoms with Crippen LogP contribution in [0.1, 0.15) is 36.0 Å². The van der Waals surface area contributed by atoms with Crippen LogP contribution >= 0.6 is 34.8 Å². The largest absolute Gasteiger partial charge is 0.256 e. The molecule has 0 amide bonds. The highest BCUT2D eigenvalue weighted by atomic mass is 35.5. The standard InChI is InChI=1S/C27H22Cl3N/c28-16-4-3-6-25(19-8-12-23(29)13-9-19)27(20-10-14-24(30)15-11-20)22-17-21-5-1-2-7-26(21)31-18-22/h1-2,5,7-15,17-18H,3-4,6,16H2. The van der Waals surface area contributed by atoms with Crippen molar-refractivity contribution in [3.8, 4) is 0 Å². The highest BCUT2D eigenvalue weighted by Crippen LogP contribution is 2.37. The van der Waals surface area contributed by atoms with E-state index in [4.69, 9.17) is 39.8 Å². The van der Waals surface area contributed by atoms with Crippen molar-refractivity contribution in [3.63, 3.8) is 0 Å². The quantitative estimate of drug-likeness (QED) is 0.150. The second-order valence-electron chi connectivity index (χ2n) is 7.43. The second-order valence-corrected chi connectivity index (χ2v) is 8.68. The van der Waals surface area contributed by atoms with Crippen LogP contribution in [0.15, 0.2) is 85.1 Å². The van der Waals surface area contributed by atoms with Crippen molar-refractivity contribution in [2.75, 3.05) is 5.88 Å². The van der Waals surface area contributed by atoms with E-state index < -0.39 is 0 Å². The third kappa shape index (κ3) is 5.30. The van der Waals surface area contributed by atoms with Crippen molar-refractivity contribution in [2.45, 2.75) is 19.3 Å². The highest BCUT2D eigenvalue weighted by molar-refractivity contribution is 6.31. The van der Waals surface area contributed by atoms with Crippen LogP contribution in [0.2, 0.25) is 10.0 Å². The van der Waals surface area contributed by atoms with Gasteiger partial charge in [0.15, 0.2) is 0 Å². The summed E-state index contributed by atoms with van der Waals surface area (Å²) in [6.07, 6.45) is 4.82. The number of halogens is 3. The summed E-state index contributed by atoms with van der Waals surface area (Å²) in [5, 5.41) is 2.56. The molecule has 0 spiro atoms. The summed E-state index contributed by atoms with van der Waals surface area (Å²) in [5.41, 5.74) is 6.73. The molecule has 31 heavy (non-hydrogen) atoms. The summed E-state index contributed by atoms with van der Waals surface area (Å²) in [7, 11) is 0. The first-order valence-electron chi connectivity index (χ1n) is 10.3. The SMILES string of the molecule is ClCCCCC(=C(c1ccc(Cl)cc1)c1cnc2ccccc2c1)c1ccc(Cl)cc1.